The smallest absolute Gasteiger partial charge is 0.228 e. The Labute approximate surface area is 124 Å². The standard InChI is InChI=1S/C13H14BrClN2O2/c14-5-1-9(15)12(10(18)2-5)17-13(19)11-7-3-6(16)4-8(7)11/h1-2,6-8,11,18H,3-4,16H2,(H,17,19). The Hall–Kier alpha value is -0.780. The van der Waals surface area contributed by atoms with Crippen molar-refractivity contribution in [2.75, 3.05) is 5.32 Å². The Kier molecular flexibility index (Phi) is 3.23. The van der Waals surface area contributed by atoms with Crippen molar-refractivity contribution >= 4 is 39.1 Å². The number of carbonyl (C=O) groups is 1. The second-order valence-electron chi connectivity index (χ2n) is 5.36. The van der Waals surface area contributed by atoms with E-state index in [-0.39, 0.29) is 29.3 Å². The summed E-state index contributed by atoms with van der Waals surface area (Å²) in [7, 11) is 0. The third kappa shape index (κ3) is 2.35. The zero-order valence-electron chi connectivity index (χ0n) is 10.1. The summed E-state index contributed by atoms with van der Waals surface area (Å²) >= 11 is 9.25. The van der Waals surface area contributed by atoms with Crippen LogP contribution in [0, 0.1) is 17.8 Å². The minimum atomic E-state index is -0.0681. The SMILES string of the molecule is NC1CC2C(C1)C2C(=O)Nc1c(O)cc(Br)cc1Cl. The molecule has 2 fully saturated rings. The van der Waals surface area contributed by atoms with Crippen molar-refractivity contribution in [3.63, 3.8) is 0 Å². The Bertz CT molecular complexity index is 516. The maximum Gasteiger partial charge on any atom is 0.228 e. The third-order valence-electron chi connectivity index (χ3n) is 4.07. The number of amides is 1. The van der Waals surface area contributed by atoms with Crippen molar-refractivity contribution in [1.82, 2.24) is 0 Å². The van der Waals surface area contributed by atoms with Crippen LogP contribution in [0.15, 0.2) is 16.6 Å². The number of phenolic OH excluding ortho intramolecular Hbond substituents is 1. The third-order valence-corrected chi connectivity index (χ3v) is 4.82. The predicted octanol–water partition coefficient (Wildman–Crippen LogP) is 2.73. The van der Waals surface area contributed by atoms with Crippen LogP contribution in [-0.4, -0.2) is 17.1 Å². The van der Waals surface area contributed by atoms with Crippen LogP contribution in [0.5, 0.6) is 5.75 Å². The van der Waals surface area contributed by atoms with Gasteiger partial charge in [0, 0.05) is 16.4 Å². The largest absolute Gasteiger partial charge is 0.506 e. The van der Waals surface area contributed by atoms with Crippen LogP contribution >= 0.6 is 27.5 Å². The fraction of sp³-hybridized carbons (Fsp3) is 0.462. The molecular weight excluding hydrogens is 332 g/mol. The zero-order chi connectivity index (χ0) is 13.7. The molecule has 0 spiro atoms. The van der Waals surface area contributed by atoms with Crippen LogP contribution in [0.1, 0.15) is 12.8 Å². The lowest BCUT2D eigenvalue weighted by molar-refractivity contribution is -0.118. The van der Waals surface area contributed by atoms with E-state index in [1.54, 1.807) is 6.07 Å². The van der Waals surface area contributed by atoms with Crippen molar-refractivity contribution in [2.24, 2.45) is 23.5 Å². The molecule has 0 aliphatic heterocycles. The number of benzene rings is 1. The summed E-state index contributed by atoms with van der Waals surface area (Å²) in [4.78, 5) is 12.2. The summed E-state index contributed by atoms with van der Waals surface area (Å²) in [6.45, 7) is 0. The second kappa shape index (κ2) is 4.65. The Morgan fingerprint density at radius 3 is 2.63 bits per heavy atom. The van der Waals surface area contributed by atoms with Crippen LogP contribution < -0.4 is 11.1 Å². The lowest BCUT2D eigenvalue weighted by Gasteiger charge is -2.12. The van der Waals surface area contributed by atoms with Crippen LogP contribution in [0.3, 0.4) is 0 Å². The van der Waals surface area contributed by atoms with Gasteiger partial charge in [-0.1, -0.05) is 27.5 Å². The van der Waals surface area contributed by atoms with Crippen molar-refractivity contribution < 1.29 is 9.90 Å². The summed E-state index contributed by atoms with van der Waals surface area (Å²) in [6.07, 6.45) is 1.84. The number of nitrogens with two attached hydrogens (primary N) is 1. The van der Waals surface area contributed by atoms with Crippen molar-refractivity contribution in [2.45, 2.75) is 18.9 Å². The van der Waals surface area contributed by atoms with E-state index in [1.165, 1.54) is 6.07 Å². The Morgan fingerprint density at radius 2 is 2.05 bits per heavy atom. The first kappa shape index (κ1) is 13.2. The van der Waals surface area contributed by atoms with Crippen LogP contribution in [0.2, 0.25) is 5.02 Å². The van der Waals surface area contributed by atoms with Gasteiger partial charge in [-0.2, -0.15) is 0 Å². The number of hydrogen-bond donors (Lipinski definition) is 3. The quantitative estimate of drug-likeness (QED) is 0.721. The second-order valence-corrected chi connectivity index (χ2v) is 6.68. The first-order valence-electron chi connectivity index (χ1n) is 6.22. The Morgan fingerprint density at radius 1 is 1.42 bits per heavy atom. The highest BCUT2D eigenvalue weighted by molar-refractivity contribution is 9.10. The number of phenols is 1. The van der Waals surface area contributed by atoms with Gasteiger partial charge in [0.05, 0.1) is 5.02 Å². The molecule has 4 nitrogen and oxygen atoms in total. The molecule has 0 aromatic heterocycles. The molecule has 2 saturated carbocycles. The molecule has 3 rings (SSSR count). The first-order chi connectivity index (χ1) is 8.97. The number of fused-ring (bicyclic) bond motifs is 1. The van der Waals surface area contributed by atoms with E-state index in [0.717, 1.165) is 12.8 Å². The lowest BCUT2D eigenvalue weighted by Crippen LogP contribution is -2.23. The van der Waals surface area contributed by atoms with Gasteiger partial charge in [-0.05, 0) is 36.8 Å². The molecule has 1 aromatic carbocycles. The zero-order valence-corrected chi connectivity index (χ0v) is 12.4. The summed E-state index contributed by atoms with van der Waals surface area (Å²) in [5.74, 6) is 0.744. The van der Waals surface area contributed by atoms with Gasteiger partial charge in [0.15, 0.2) is 0 Å². The minimum absolute atomic E-state index is 0.0268. The molecule has 1 aromatic rings. The average Bonchev–Trinajstić information content (AvgIpc) is 2.82. The highest BCUT2D eigenvalue weighted by Crippen LogP contribution is 2.57. The monoisotopic (exact) mass is 344 g/mol. The molecule has 102 valence electrons. The van der Waals surface area contributed by atoms with E-state index in [4.69, 9.17) is 17.3 Å². The van der Waals surface area contributed by atoms with Gasteiger partial charge in [0.25, 0.3) is 0 Å². The molecule has 2 aliphatic carbocycles. The van der Waals surface area contributed by atoms with E-state index in [2.05, 4.69) is 21.2 Å². The van der Waals surface area contributed by atoms with Gasteiger partial charge in [-0.25, -0.2) is 0 Å². The van der Waals surface area contributed by atoms with Crippen LogP contribution in [-0.2, 0) is 4.79 Å². The minimum Gasteiger partial charge on any atom is -0.506 e. The van der Waals surface area contributed by atoms with Crippen molar-refractivity contribution in [1.29, 1.82) is 0 Å². The summed E-state index contributed by atoms with van der Waals surface area (Å²) in [6, 6.07) is 3.38. The maximum absolute atomic E-state index is 12.2. The van der Waals surface area contributed by atoms with E-state index >= 15 is 0 Å². The maximum atomic E-state index is 12.2. The van der Waals surface area contributed by atoms with Gasteiger partial charge in [0.2, 0.25) is 5.91 Å². The molecule has 19 heavy (non-hydrogen) atoms. The summed E-state index contributed by atoms with van der Waals surface area (Å²) in [5.41, 5.74) is 6.12. The van der Waals surface area contributed by atoms with Crippen molar-refractivity contribution in [3.05, 3.63) is 21.6 Å². The molecular formula is C13H14BrClN2O2. The van der Waals surface area contributed by atoms with Crippen LogP contribution in [0.25, 0.3) is 0 Å². The van der Waals surface area contributed by atoms with Gasteiger partial charge in [-0.3, -0.25) is 4.79 Å². The number of aromatic hydroxyl groups is 1. The van der Waals surface area contributed by atoms with E-state index in [9.17, 15) is 9.90 Å². The fourth-order valence-electron chi connectivity index (χ4n) is 3.16. The topological polar surface area (TPSA) is 75.4 Å². The molecule has 0 saturated heterocycles. The highest BCUT2D eigenvalue weighted by atomic mass is 79.9. The fourth-order valence-corrected chi connectivity index (χ4v) is 4.00. The highest BCUT2D eigenvalue weighted by Gasteiger charge is 2.58. The van der Waals surface area contributed by atoms with Gasteiger partial charge in [-0.15, -0.1) is 0 Å². The van der Waals surface area contributed by atoms with Gasteiger partial charge < -0.3 is 16.2 Å². The predicted molar refractivity (Wildman–Crippen MR) is 77.1 cm³/mol. The molecule has 2 aliphatic rings. The number of carbonyl (C=O) groups excluding carboxylic acids is 1. The number of anilines is 1. The normalized spacial score (nSPS) is 31.9. The molecule has 0 heterocycles. The Balaban J connectivity index is 1.72. The van der Waals surface area contributed by atoms with Crippen molar-refractivity contribution in [3.8, 4) is 5.75 Å². The molecule has 1 amide bonds. The van der Waals surface area contributed by atoms with Crippen LogP contribution in [0.4, 0.5) is 5.69 Å². The number of nitrogens with one attached hydrogen (secondary N) is 1. The molecule has 4 N–H and O–H groups in total. The number of rotatable bonds is 2. The molecule has 0 radical (unpaired) electrons. The molecule has 6 heteroatoms. The first-order valence-corrected chi connectivity index (χ1v) is 7.39. The molecule has 2 atom stereocenters. The summed E-state index contributed by atoms with van der Waals surface area (Å²) in [5, 5.41) is 12.9. The molecule has 2 unspecified atom stereocenters. The average molecular weight is 346 g/mol. The van der Waals surface area contributed by atoms with E-state index < -0.39 is 0 Å². The lowest BCUT2D eigenvalue weighted by atomic mass is 10.1. The van der Waals surface area contributed by atoms with E-state index in [0.29, 0.717) is 21.3 Å². The van der Waals surface area contributed by atoms with E-state index in [1.807, 2.05) is 0 Å². The number of hydrogen-bond acceptors (Lipinski definition) is 3. The molecule has 0 bridgehead atoms. The van der Waals surface area contributed by atoms with Gasteiger partial charge in [0.1, 0.15) is 11.4 Å². The number of halogens is 2. The van der Waals surface area contributed by atoms with Gasteiger partial charge >= 0.3 is 0 Å². The summed E-state index contributed by atoms with van der Waals surface area (Å²) < 4.78 is 0.669.